The molecule has 0 aliphatic carbocycles. The zero-order valence-corrected chi connectivity index (χ0v) is 11.9. The van der Waals surface area contributed by atoms with E-state index in [4.69, 9.17) is 23.1 Å². The lowest BCUT2D eigenvalue weighted by Gasteiger charge is -2.16. The van der Waals surface area contributed by atoms with E-state index in [0.717, 1.165) is 9.21 Å². The van der Waals surface area contributed by atoms with Gasteiger partial charge in [0.05, 0.1) is 27.3 Å². The van der Waals surface area contributed by atoms with E-state index in [0.29, 0.717) is 16.9 Å². The highest BCUT2D eigenvalue weighted by Crippen LogP contribution is 2.31. The van der Waals surface area contributed by atoms with Crippen LogP contribution in [0.15, 0.2) is 30.3 Å². The third kappa shape index (κ3) is 3.00. The van der Waals surface area contributed by atoms with Gasteiger partial charge in [0.25, 0.3) is 5.91 Å². The van der Waals surface area contributed by atoms with E-state index < -0.39 is 5.91 Å². The van der Waals surface area contributed by atoms with Crippen LogP contribution < -0.4 is 16.8 Å². The molecule has 0 saturated carbocycles. The molecule has 0 fully saturated rings. The molecule has 1 aromatic heterocycles. The van der Waals surface area contributed by atoms with E-state index in [1.54, 1.807) is 12.1 Å². The smallest absolute Gasteiger partial charge is 0.250 e. The number of hydrogen-bond acceptors (Lipinski definition) is 4. The minimum Gasteiger partial charge on any atom is -0.396 e. The number of para-hydroxylation sites is 1. The fraction of sp³-hybridized carbons (Fsp3) is 0.154. The Hall–Kier alpha value is -1.72. The van der Waals surface area contributed by atoms with E-state index in [-0.39, 0.29) is 6.04 Å². The summed E-state index contributed by atoms with van der Waals surface area (Å²) in [6.45, 7) is 2.00. The molecule has 6 heteroatoms. The minimum absolute atomic E-state index is 0.0444. The Bertz CT molecular complexity index is 612. The normalized spacial score (nSPS) is 12.1. The number of hydrogen-bond donors (Lipinski definition) is 3. The molecular formula is C13H14ClN3OS. The molecule has 2 aromatic rings. The molecule has 0 saturated heterocycles. The number of rotatable bonds is 4. The van der Waals surface area contributed by atoms with Crippen LogP contribution >= 0.6 is 22.9 Å². The molecule has 1 atom stereocenters. The zero-order chi connectivity index (χ0) is 14.0. The number of amides is 1. The fourth-order valence-corrected chi connectivity index (χ4v) is 2.83. The van der Waals surface area contributed by atoms with Gasteiger partial charge in [-0.15, -0.1) is 11.3 Å². The van der Waals surface area contributed by atoms with E-state index in [9.17, 15) is 4.79 Å². The zero-order valence-electron chi connectivity index (χ0n) is 10.3. The van der Waals surface area contributed by atoms with Crippen LogP contribution in [0.25, 0.3) is 0 Å². The van der Waals surface area contributed by atoms with Crippen molar-refractivity contribution in [2.75, 3.05) is 11.1 Å². The first-order valence-corrected chi connectivity index (χ1v) is 6.88. The number of nitrogens with two attached hydrogens (primary N) is 2. The molecule has 1 unspecified atom stereocenters. The quantitative estimate of drug-likeness (QED) is 0.757. The first-order chi connectivity index (χ1) is 8.99. The van der Waals surface area contributed by atoms with Crippen molar-refractivity contribution in [2.45, 2.75) is 13.0 Å². The number of carbonyl (C=O) groups excluding carboxylic acids is 1. The number of anilines is 2. The van der Waals surface area contributed by atoms with Crippen molar-refractivity contribution in [3.05, 3.63) is 45.1 Å². The first-order valence-electron chi connectivity index (χ1n) is 5.69. The summed E-state index contributed by atoms with van der Waals surface area (Å²) >= 11 is 7.41. The standard InChI is InChI=1S/C13H14ClN3OS/c1-7(10-5-6-11(14)19-10)17-9-4-2-3-8(12(9)15)13(16)18/h2-7,17H,15H2,1H3,(H2,16,18). The predicted molar refractivity (Wildman–Crippen MR) is 80.7 cm³/mol. The third-order valence-electron chi connectivity index (χ3n) is 2.76. The lowest BCUT2D eigenvalue weighted by molar-refractivity contribution is 0.100. The number of carbonyl (C=O) groups is 1. The summed E-state index contributed by atoms with van der Waals surface area (Å²) in [5, 5.41) is 3.25. The molecule has 19 heavy (non-hydrogen) atoms. The van der Waals surface area contributed by atoms with Crippen LogP contribution in [0.1, 0.15) is 28.2 Å². The largest absolute Gasteiger partial charge is 0.396 e. The molecule has 4 nitrogen and oxygen atoms in total. The topological polar surface area (TPSA) is 81.1 Å². The maximum absolute atomic E-state index is 11.2. The fourth-order valence-electron chi connectivity index (χ4n) is 1.77. The number of nitrogen functional groups attached to an aromatic ring is 1. The van der Waals surface area contributed by atoms with E-state index in [2.05, 4.69) is 5.32 Å². The molecule has 5 N–H and O–H groups in total. The lowest BCUT2D eigenvalue weighted by Crippen LogP contribution is -2.15. The minimum atomic E-state index is -0.534. The van der Waals surface area contributed by atoms with Crippen LogP contribution in [0.3, 0.4) is 0 Å². The first kappa shape index (κ1) is 13.7. The van der Waals surface area contributed by atoms with Gasteiger partial charge in [0.2, 0.25) is 0 Å². The van der Waals surface area contributed by atoms with E-state index in [1.807, 2.05) is 25.1 Å². The molecule has 0 aliphatic rings. The van der Waals surface area contributed by atoms with Crippen molar-refractivity contribution in [1.82, 2.24) is 0 Å². The third-order valence-corrected chi connectivity index (χ3v) is 4.18. The van der Waals surface area contributed by atoms with Gasteiger partial charge in [-0.25, -0.2) is 0 Å². The number of halogens is 1. The Morgan fingerprint density at radius 3 is 2.68 bits per heavy atom. The highest BCUT2D eigenvalue weighted by atomic mass is 35.5. The molecule has 2 rings (SSSR count). The predicted octanol–water partition coefficient (Wildman–Crippen LogP) is 3.26. The second-order valence-electron chi connectivity index (χ2n) is 4.14. The highest BCUT2D eigenvalue weighted by Gasteiger charge is 2.13. The second kappa shape index (κ2) is 5.50. The van der Waals surface area contributed by atoms with Gasteiger partial charge in [-0.1, -0.05) is 17.7 Å². The summed E-state index contributed by atoms with van der Waals surface area (Å²) in [7, 11) is 0. The summed E-state index contributed by atoms with van der Waals surface area (Å²) in [6, 6.07) is 9.01. The Balaban J connectivity index is 2.24. The summed E-state index contributed by atoms with van der Waals surface area (Å²) in [6.07, 6.45) is 0. The Kier molecular flexibility index (Phi) is 3.97. The van der Waals surface area contributed by atoms with Gasteiger partial charge in [0, 0.05) is 4.88 Å². The molecule has 1 heterocycles. The van der Waals surface area contributed by atoms with Crippen LogP contribution in [0, 0.1) is 0 Å². The number of thiophene rings is 1. The lowest BCUT2D eigenvalue weighted by atomic mass is 10.1. The van der Waals surface area contributed by atoms with Gasteiger partial charge in [-0.05, 0) is 31.2 Å². The van der Waals surface area contributed by atoms with Gasteiger partial charge in [0.1, 0.15) is 0 Å². The van der Waals surface area contributed by atoms with Crippen LogP contribution in [0.4, 0.5) is 11.4 Å². The molecule has 0 aliphatic heterocycles. The molecule has 1 aromatic carbocycles. The highest BCUT2D eigenvalue weighted by molar-refractivity contribution is 7.16. The Labute approximate surface area is 120 Å². The van der Waals surface area contributed by atoms with E-state index >= 15 is 0 Å². The SMILES string of the molecule is CC(Nc1cccc(C(N)=O)c1N)c1ccc(Cl)s1. The van der Waals surface area contributed by atoms with Crippen LogP contribution in [-0.4, -0.2) is 5.91 Å². The monoisotopic (exact) mass is 295 g/mol. The van der Waals surface area contributed by atoms with Crippen molar-refractivity contribution < 1.29 is 4.79 Å². The van der Waals surface area contributed by atoms with Crippen molar-refractivity contribution in [3.8, 4) is 0 Å². The second-order valence-corrected chi connectivity index (χ2v) is 5.89. The van der Waals surface area contributed by atoms with Crippen molar-refractivity contribution in [3.63, 3.8) is 0 Å². The van der Waals surface area contributed by atoms with Crippen molar-refractivity contribution >= 4 is 40.2 Å². The van der Waals surface area contributed by atoms with Gasteiger partial charge in [-0.2, -0.15) is 0 Å². The van der Waals surface area contributed by atoms with Crippen LogP contribution in [0.5, 0.6) is 0 Å². The summed E-state index contributed by atoms with van der Waals surface area (Å²) in [5.74, 6) is -0.534. The maximum atomic E-state index is 11.2. The average molecular weight is 296 g/mol. The van der Waals surface area contributed by atoms with Crippen molar-refractivity contribution in [1.29, 1.82) is 0 Å². The van der Waals surface area contributed by atoms with Crippen LogP contribution in [-0.2, 0) is 0 Å². The average Bonchev–Trinajstić information content (AvgIpc) is 2.78. The number of nitrogens with one attached hydrogen (secondary N) is 1. The molecule has 100 valence electrons. The number of benzene rings is 1. The Morgan fingerprint density at radius 1 is 1.37 bits per heavy atom. The van der Waals surface area contributed by atoms with E-state index in [1.165, 1.54) is 11.3 Å². The molecule has 0 radical (unpaired) electrons. The number of primary amides is 1. The van der Waals surface area contributed by atoms with Crippen molar-refractivity contribution in [2.24, 2.45) is 5.73 Å². The molecule has 1 amide bonds. The van der Waals surface area contributed by atoms with Gasteiger partial charge in [-0.3, -0.25) is 4.79 Å². The summed E-state index contributed by atoms with van der Waals surface area (Å²) < 4.78 is 0.738. The van der Waals surface area contributed by atoms with Gasteiger partial charge >= 0.3 is 0 Å². The van der Waals surface area contributed by atoms with Crippen LogP contribution in [0.2, 0.25) is 4.34 Å². The molecular weight excluding hydrogens is 282 g/mol. The Morgan fingerprint density at radius 2 is 2.11 bits per heavy atom. The summed E-state index contributed by atoms with van der Waals surface area (Å²) in [4.78, 5) is 12.3. The summed E-state index contributed by atoms with van der Waals surface area (Å²) in [5.41, 5.74) is 12.6. The molecule has 0 spiro atoms. The maximum Gasteiger partial charge on any atom is 0.250 e. The molecule has 0 bridgehead atoms. The van der Waals surface area contributed by atoms with Gasteiger partial charge < -0.3 is 16.8 Å². The van der Waals surface area contributed by atoms with Gasteiger partial charge in [0.15, 0.2) is 0 Å².